The lowest BCUT2D eigenvalue weighted by Crippen LogP contribution is -2.37. The molecule has 0 aromatic heterocycles. The Kier molecular flexibility index (Phi) is 3.99. The summed E-state index contributed by atoms with van der Waals surface area (Å²) in [6.45, 7) is 5.89. The average molecular weight is 211 g/mol. The highest BCUT2D eigenvalue weighted by Gasteiger charge is 2.42. The summed E-state index contributed by atoms with van der Waals surface area (Å²) in [5.41, 5.74) is 0. The molecular weight excluding hydrogens is 196 g/mol. The fourth-order valence-electron chi connectivity index (χ4n) is 1.05. The Morgan fingerprint density at radius 1 is 1.42 bits per heavy atom. The van der Waals surface area contributed by atoms with Crippen molar-refractivity contribution in [2.24, 2.45) is 0 Å². The average Bonchev–Trinajstić information content (AvgIpc) is 2.72. The molecule has 1 rings (SSSR count). The lowest BCUT2D eigenvalue weighted by atomic mass is 10.6. The maximum atomic E-state index is 6.19. The molecule has 1 aliphatic rings. The fraction of sp³-hybridized carbons (Fsp3) is 1.00. The molecule has 1 atom stereocenters. The highest BCUT2D eigenvalue weighted by Crippen LogP contribution is 2.27. The third-order valence-electron chi connectivity index (χ3n) is 1.59. The van der Waals surface area contributed by atoms with Gasteiger partial charge in [0, 0.05) is 19.3 Å². The van der Waals surface area contributed by atoms with Crippen LogP contribution in [0.2, 0.25) is 6.04 Å². The smallest absolute Gasteiger partial charge is 0.383 e. The summed E-state index contributed by atoms with van der Waals surface area (Å²) < 4.78 is 15.9. The molecule has 5 heteroatoms. The molecule has 0 radical (unpaired) electrons. The zero-order valence-corrected chi connectivity index (χ0v) is 9.26. The van der Waals surface area contributed by atoms with Crippen LogP contribution in [0.3, 0.4) is 0 Å². The molecule has 1 saturated heterocycles. The zero-order valence-electron chi connectivity index (χ0n) is 7.51. The minimum atomic E-state index is -2.40. The van der Waals surface area contributed by atoms with Crippen molar-refractivity contribution in [2.45, 2.75) is 26.0 Å². The van der Waals surface area contributed by atoms with Gasteiger partial charge in [-0.25, -0.2) is 0 Å². The van der Waals surface area contributed by atoms with Gasteiger partial charge < -0.3 is 13.6 Å². The van der Waals surface area contributed by atoms with Gasteiger partial charge in [-0.15, -0.1) is 0 Å². The van der Waals surface area contributed by atoms with Crippen LogP contribution in [-0.2, 0) is 13.6 Å². The van der Waals surface area contributed by atoms with Gasteiger partial charge in [0.05, 0.1) is 12.7 Å². The van der Waals surface area contributed by atoms with Gasteiger partial charge in [0.2, 0.25) is 0 Å². The molecule has 12 heavy (non-hydrogen) atoms. The van der Waals surface area contributed by atoms with Crippen molar-refractivity contribution in [3.63, 3.8) is 0 Å². The molecule has 0 spiro atoms. The summed E-state index contributed by atoms with van der Waals surface area (Å²) in [6.07, 6.45) is 0.285. The normalized spacial score (nSPS) is 22.8. The van der Waals surface area contributed by atoms with Crippen LogP contribution >= 0.6 is 11.1 Å². The fourth-order valence-corrected chi connectivity index (χ4v) is 4.18. The Bertz CT molecular complexity index is 135. The van der Waals surface area contributed by atoms with Gasteiger partial charge in [-0.1, -0.05) is 11.1 Å². The lowest BCUT2D eigenvalue weighted by molar-refractivity contribution is 0.199. The third kappa shape index (κ3) is 3.41. The number of epoxide rings is 1. The first-order chi connectivity index (χ1) is 5.70. The quantitative estimate of drug-likeness (QED) is 0.380. The lowest BCUT2D eigenvalue weighted by Gasteiger charge is -2.21. The molecule has 1 unspecified atom stereocenters. The second-order valence-electron chi connectivity index (χ2n) is 2.69. The second kappa shape index (κ2) is 4.57. The minimum Gasteiger partial charge on any atom is -0.383 e. The predicted octanol–water partition coefficient (Wildman–Crippen LogP) is 1.64. The van der Waals surface area contributed by atoms with E-state index in [0.717, 1.165) is 12.7 Å². The molecule has 1 aliphatic heterocycles. The van der Waals surface area contributed by atoms with Gasteiger partial charge in [0.25, 0.3) is 0 Å². The first-order valence-electron chi connectivity index (χ1n) is 4.28. The first-order valence-corrected chi connectivity index (χ1v) is 7.32. The molecule has 1 fully saturated rings. The van der Waals surface area contributed by atoms with Crippen LogP contribution in [0.15, 0.2) is 0 Å². The molecule has 0 aromatic rings. The van der Waals surface area contributed by atoms with E-state index in [9.17, 15) is 0 Å². The SMILES string of the molecule is CCO[Si](Cl)(CC1CO1)OCC. The molecule has 0 N–H and O–H groups in total. The molecule has 3 nitrogen and oxygen atoms in total. The monoisotopic (exact) mass is 210 g/mol. The van der Waals surface area contributed by atoms with Gasteiger partial charge in [-0.2, -0.15) is 0 Å². The maximum absolute atomic E-state index is 6.19. The summed E-state index contributed by atoms with van der Waals surface area (Å²) in [6, 6.07) is 0.746. The molecular formula is C7H15ClO3Si. The van der Waals surface area contributed by atoms with Crippen molar-refractivity contribution < 1.29 is 13.6 Å². The minimum absolute atomic E-state index is 0.285. The van der Waals surface area contributed by atoms with E-state index in [2.05, 4.69) is 0 Å². The van der Waals surface area contributed by atoms with Crippen LogP contribution in [0.5, 0.6) is 0 Å². The topological polar surface area (TPSA) is 31.0 Å². The summed E-state index contributed by atoms with van der Waals surface area (Å²) in [7, 11) is -2.40. The largest absolute Gasteiger partial charge is 0.445 e. The van der Waals surface area contributed by atoms with Crippen molar-refractivity contribution in [3.8, 4) is 0 Å². The van der Waals surface area contributed by atoms with E-state index in [1.807, 2.05) is 13.8 Å². The van der Waals surface area contributed by atoms with Crippen LogP contribution in [0.25, 0.3) is 0 Å². The maximum Gasteiger partial charge on any atom is 0.445 e. The van der Waals surface area contributed by atoms with Gasteiger partial charge in [-0.05, 0) is 13.8 Å². The summed E-state index contributed by atoms with van der Waals surface area (Å²) in [5, 5.41) is 0. The molecule has 0 bridgehead atoms. The van der Waals surface area contributed by atoms with Crippen LogP contribution < -0.4 is 0 Å². The van der Waals surface area contributed by atoms with Gasteiger partial charge >= 0.3 is 7.87 Å². The molecule has 0 amide bonds. The van der Waals surface area contributed by atoms with Crippen molar-refractivity contribution in [2.75, 3.05) is 19.8 Å². The van der Waals surface area contributed by atoms with Crippen LogP contribution in [0.1, 0.15) is 13.8 Å². The molecule has 0 saturated carbocycles. The standard InChI is InChI=1S/C7H15ClO3Si/c1-3-10-12(8,11-4-2)6-7-5-9-7/h7H,3-6H2,1-2H3. The Balaban J connectivity index is 2.32. The Hall–Kier alpha value is 0.387. The van der Waals surface area contributed by atoms with Crippen LogP contribution in [0, 0.1) is 0 Å². The molecule has 0 aromatic carbocycles. The zero-order chi connectivity index (χ0) is 9.03. The van der Waals surface area contributed by atoms with Crippen LogP contribution in [-0.4, -0.2) is 33.8 Å². The van der Waals surface area contributed by atoms with Gasteiger partial charge in [0.15, 0.2) is 0 Å². The molecule has 1 heterocycles. The van der Waals surface area contributed by atoms with Gasteiger partial charge in [0.1, 0.15) is 0 Å². The van der Waals surface area contributed by atoms with Crippen molar-refractivity contribution in [1.82, 2.24) is 0 Å². The summed E-state index contributed by atoms with van der Waals surface area (Å²) >= 11 is 6.19. The van der Waals surface area contributed by atoms with E-state index in [1.165, 1.54) is 0 Å². The highest BCUT2D eigenvalue weighted by molar-refractivity contribution is 7.13. The first kappa shape index (κ1) is 10.5. The molecule has 0 aliphatic carbocycles. The number of halogens is 1. The Morgan fingerprint density at radius 2 is 1.92 bits per heavy atom. The van der Waals surface area contributed by atoms with E-state index in [4.69, 9.17) is 24.7 Å². The van der Waals surface area contributed by atoms with E-state index in [0.29, 0.717) is 13.2 Å². The Labute approximate surface area is 78.9 Å². The van der Waals surface area contributed by atoms with E-state index in [1.54, 1.807) is 0 Å². The van der Waals surface area contributed by atoms with Crippen LogP contribution in [0.4, 0.5) is 0 Å². The molecule has 72 valence electrons. The highest BCUT2D eigenvalue weighted by atomic mass is 35.6. The number of hydrogen-bond acceptors (Lipinski definition) is 3. The van der Waals surface area contributed by atoms with E-state index in [-0.39, 0.29) is 6.10 Å². The summed E-state index contributed by atoms with van der Waals surface area (Å²) in [5.74, 6) is 0. The number of rotatable bonds is 6. The van der Waals surface area contributed by atoms with E-state index < -0.39 is 7.87 Å². The van der Waals surface area contributed by atoms with E-state index >= 15 is 0 Å². The third-order valence-corrected chi connectivity index (χ3v) is 5.09. The van der Waals surface area contributed by atoms with Gasteiger partial charge in [-0.3, -0.25) is 0 Å². The predicted molar refractivity (Wildman–Crippen MR) is 49.4 cm³/mol. The second-order valence-corrected chi connectivity index (χ2v) is 6.72. The van der Waals surface area contributed by atoms with Crippen molar-refractivity contribution in [1.29, 1.82) is 0 Å². The van der Waals surface area contributed by atoms with Crippen molar-refractivity contribution >= 4 is 18.9 Å². The number of ether oxygens (including phenoxy) is 1. The van der Waals surface area contributed by atoms with Crippen molar-refractivity contribution in [3.05, 3.63) is 0 Å². The Morgan fingerprint density at radius 3 is 2.25 bits per heavy atom. The summed E-state index contributed by atoms with van der Waals surface area (Å²) in [4.78, 5) is 0. The number of hydrogen-bond donors (Lipinski definition) is 0.